The molecule has 0 amide bonds. The Bertz CT molecular complexity index is 1230. The number of ether oxygens (including phenoxy) is 3. The van der Waals surface area contributed by atoms with Crippen LogP contribution in [-0.4, -0.2) is 106 Å². The highest BCUT2D eigenvalue weighted by Gasteiger charge is 2.63. The molecule has 4 fully saturated rings. The van der Waals surface area contributed by atoms with Crippen molar-refractivity contribution in [1.29, 1.82) is 0 Å². The molecular weight excluding hydrogens is 496 g/mol. The molecule has 11 heteroatoms. The lowest BCUT2D eigenvalue weighted by Crippen LogP contribution is -2.67. The Morgan fingerprint density at radius 3 is 2.74 bits per heavy atom. The molecule has 1 aromatic carbocycles. The van der Waals surface area contributed by atoms with Crippen molar-refractivity contribution < 1.29 is 44.2 Å². The van der Waals surface area contributed by atoms with E-state index in [-0.39, 0.29) is 30.5 Å². The van der Waals surface area contributed by atoms with E-state index in [4.69, 9.17) is 14.2 Å². The SMILES string of the molecule is COC(=O)C12CC3CC(CCO[C@@H]4O[C@H](C(=O)O)[C@@H](O)[C@H](O)[C@H]4O)C1N(CCc1c2[nH]c2ccccc12)C3. The summed E-state index contributed by atoms with van der Waals surface area (Å²) >= 11 is 0. The number of para-hydroxylation sites is 1. The number of benzene rings is 1. The molecule has 5 unspecified atom stereocenters. The maximum atomic E-state index is 13.7. The number of aliphatic hydroxyl groups is 3. The van der Waals surface area contributed by atoms with Gasteiger partial charge in [0.2, 0.25) is 0 Å². The predicted molar refractivity (Wildman–Crippen MR) is 132 cm³/mol. The molecule has 0 radical (unpaired) electrons. The minimum absolute atomic E-state index is 0.0745. The third-order valence-electron chi connectivity index (χ3n) is 9.13. The summed E-state index contributed by atoms with van der Waals surface area (Å²) in [4.78, 5) is 31.1. The number of esters is 1. The van der Waals surface area contributed by atoms with Gasteiger partial charge < -0.3 is 39.6 Å². The number of hydrogen-bond donors (Lipinski definition) is 5. The number of nitrogens with one attached hydrogen (secondary N) is 1. The molecule has 1 saturated carbocycles. The summed E-state index contributed by atoms with van der Waals surface area (Å²) in [6, 6.07) is 8.00. The van der Waals surface area contributed by atoms with E-state index in [2.05, 4.69) is 16.0 Å². The number of aromatic amines is 1. The summed E-state index contributed by atoms with van der Waals surface area (Å²) in [5, 5.41) is 40.8. The van der Waals surface area contributed by atoms with Gasteiger partial charge in [0, 0.05) is 35.7 Å². The number of aliphatic hydroxyl groups excluding tert-OH is 3. The lowest BCUT2D eigenvalue weighted by molar-refractivity contribution is -0.295. The summed E-state index contributed by atoms with van der Waals surface area (Å²) in [5.41, 5.74) is 2.27. The maximum Gasteiger partial charge on any atom is 0.335 e. The fraction of sp³-hybridized carbons (Fsp3) is 0.630. The van der Waals surface area contributed by atoms with Crippen LogP contribution < -0.4 is 0 Å². The topological polar surface area (TPSA) is 162 Å². The van der Waals surface area contributed by atoms with Gasteiger partial charge in [-0.2, -0.15) is 0 Å². The number of hydrogen-bond acceptors (Lipinski definition) is 9. The monoisotopic (exact) mass is 530 g/mol. The van der Waals surface area contributed by atoms with E-state index in [0.29, 0.717) is 12.8 Å². The van der Waals surface area contributed by atoms with Crippen LogP contribution in [0.15, 0.2) is 24.3 Å². The molecule has 38 heavy (non-hydrogen) atoms. The molecule has 3 saturated heterocycles. The Hall–Kier alpha value is -2.54. The van der Waals surface area contributed by atoms with Gasteiger partial charge in [-0.15, -0.1) is 0 Å². The molecule has 5 aliphatic rings. The number of rotatable bonds is 6. The Morgan fingerprint density at radius 2 is 1.97 bits per heavy atom. The molecule has 10 atom stereocenters. The zero-order valence-electron chi connectivity index (χ0n) is 21.2. The fourth-order valence-electron chi connectivity index (χ4n) is 7.68. The molecule has 11 nitrogen and oxygen atoms in total. The van der Waals surface area contributed by atoms with Crippen molar-refractivity contribution in [2.45, 2.75) is 67.8 Å². The highest BCUT2D eigenvalue weighted by atomic mass is 16.7. The molecular formula is C27H34N2O9. The summed E-state index contributed by atoms with van der Waals surface area (Å²) in [6.45, 7) is 1.86. The average molecular weight is 531 g/mol. The Labute approximate surface area is 219 Å². The standard InChI is InChI=1S/C27H34N2O9/c1-36-26(35)27-11-13-10-14(7-9-37-25-20(32)18(30)19(31)21(38-25)24(33)34)23(27)29(12-13)8-6-16-15-4-2-3-5-17(15)28-22(16)27/h2-5,13-14,18-21,23,25,28,30-32H,6-12H2,1H3,(H,33,34)/t13?,14?,18-,19-,20+,21-,23?,25+,27?/m0/s1. The van der Waals surface area contributed by atoms with Crippen molar-refractivity contribution in [3.8, 4) is 0 Å². The van der Waals surface area contributed by atoms with Gasteiger partial charge in [0.15, 0.2) is 12.4 Å². The molecule has 4 aliphatic heterocycles. The number of carboxylic acids is 1. The van der Waals surface area contributed by atoms with Crippen LogP contribution in [0.3, 0.4) is 0 Å². The molecule has 7 rings (SSSR count). The molecule has 1 aromatic heterocycles. The van der Waals surface area contributed by atoms with Crippen molar-refractivity contribution in [3.63, 3.8) is 0 Å². The lowest BCUT2D eigenvalue weighted by atomic mass is 9.56. The van der Waals surface area contributed by atoms with E-state index in [0.717, 1.165) is 42.5 Å². The third-order valence-corrected chi connectivity index (χ3v) is 9.13. The lowest BCUT2D eigenvalue weighted by Gasteiger charge is -2.58. The van der Waals surface area contributed by atoms with E-state index in [1.165, 1.54) is 12.7 Å². The van der Waals surface area contributed by atoms with Crippen LogP contribution in [0.25, 0.3) is 10.9 Å². The molecule has 5 N–H and O–H groups in total. The van der Waals surface area contributed by atoms with Crippen molar-refractivity contribution >= 4 is 22.8 Å². The van der Waals surface area contributed by atoms with Gasteiger partial charge in [-0.25, -0.2) is 4.79 Å². The normalized spacial score (nSPS) is 39.9. The zero-order valence-corrected chi connectivity index (χ0v) is 21.2. The van der Waals surface area contributed by atoms with E-state index in [1.807, 2.05) is 18.2 Å². The number of H-pyrrole nitrogens is 1. The van der Waals surface area contributed by atoms with E-state index in [1.54, 1.807) is 0 Å². The minimum Gasteiger partial charge on any atom is -0.479 e. The molecule has 206 valence electrons. The quantitative estimate of drug-likeness (QED) is 0.325. The molecule has 5 heterocycles. The summed E-state index contributed by atoms with van der Waals surface area (Å²) in [7, 11) is 1.44. The Balaban J connectivity index is 1.27. The van der Waals surface area contributed by atoms with Crippen LogP contribution in [0.5, 0.6) is 0 Å². The van der Waals surface area contributed by atoms with Crippen LogP contribution in [0.2, 0.25) is 0 Å². The van der Waals surface area contributed by atoms with Gasteiger partial charge >= 0.3 is 11.9 Å². The first kappa shape index (κ1) is 25.7. The number of carboxylic acid groups (broad SMARTS) is 1. The number of aliphatic carboxylic acids is 1. The third kappa shape index (κ3) is 3.79. The summed E-state index contributed by atoms with van der Waals surface area (Å²) in [6.07, 6.45) is -5.20. The average Bonchev–Trinajstić information content (AvgIpc) is 3.25. The highest BCUT2D eigenvalue weighted by Crippen LogP contribution is 2.55. The second-order valence-corrected chi connectivity index (χ2v) is 11.1. The zero-order chi connectivity index (χ0) is 26.8. The van der Waals surface area contributed by atoms with Crippen LogP contribution in [0, 0.1) is 11.8 Å². The van der Waals surface area contributed by atoms with Crippen molar-refractivity contribution in [1.82, 2.24) is 9.88 Å². The largest absolute Gasteiger partial charge is 0.479 e. The first-order valence-corrected chi connectivity index (χ1v) is 13.2. The molecule has 4 bridgehead atoms. The summed E-state index contributed by atoms with van der Waals surface area (Å²) in [5.74, 6) is -1.34. The Kier molecular flexibility index (Phi) is 6.48. The second kappa shape index (κ2) is 9.58. The van der Waals surface area contributed by atoms with E-state index >= 15 is 0 Å². The van der Waals surface area contributed by atoms with Gasteiger partial charge in [-0.3, -0.25) is 9.69 Å². The number of carbonyl (C=O) groups excluding carboxylic acids is 1. The van der Waals surface area contributed by atoms with Crippen LogP contribution >= 0.6 is 0 Å². The van der Waals surface area contributed by atoms with E-state index in [9.17, 15) is 30.0 Å². The van der Waals surface area contributed by atoms with Gasteiger partial charge in [0.25, 0.3) is 0 Å². The van der Waals surface area contributed by atoms with Crippen molar-refractivity contribution in [2.24, 2.45) is 11.8 Å². The number of carbonyl (C=O) groups is 2. The number of piperidine rings is 2. The fourth-order valence-corrected chi connectivity index (χ4v) is 7.68. The van der Waals surface area contributed by atoms with Crippen molar-refractivity contribution in [3.05, 3.63) is 35.5 Å². The Morgan fingerprint density at radius 1 is 1.18 bits per heavy atom. The van der Waals surface area contributed by atoms with Gasteiger partial charge in [-0.05, 0) is 49.1 Å². The number of methoxy groups -OCH3 is 1. The van der Waals surface area contributed by atoms with Crippen LogP contribution in [-0.2, 0) is 35.6 Å². The first-order valence-electron chi connectivity index (χ1n) is 13.2. The second-order valence-electron chi connectivity index (χ2n) is 11.1. The number of nitrogens with zero attached hydrogens (tertiary/aromatic N) is 1. The smallest absolute Gasteiger partial charge is 0.335 e. The van der Waals surface area contributed by atoms with Crippen molar-refractivity contribution in [2.75, 3.05) is 26.8 Å². The number of aromatic nitrogens is 1. The first-order chi connectivity index (χ1) is 18.3. The number of fused-ring (bicyclic) bond motifs is 4. The molecule has 2 aromatic rings. The van der Waals surface area contributed by atoms with Gasteiger partial charge in [0.1, 0.15) is 23.7 Å². The highest BCUT2D eigenvalue weighted by molar-refractivity contribution is 5.91. The van der Waals surface area contributed by atoms with Crippen LogP contribution in [0.1, 0.15) is 30.5 Å². The van der Waals surface area contributed by atoms with E-state index < -0.39 is 42.1 Å². The van der Waals surface area contributed by atoms with Gasteiger partial charge in [-0.1, -0.05) is 18.2 Å². The maximum absolute atomic E-state index is 13.7. The van der Waals surface area contributed by atoms with Gasteiger partial charge in [0.05, 0.1) is 13.7 Å². The molecule has 0 spiro atoms. The molecule has 1 aliphatic carbocycles. The van der Waals surface area contributed by atoms with Crippen LogP contribution in [0.4, 0.5) is 0 Å². The predicted octanol–water partition coefficient (Wildman–Crippen LogP) is 0.144. The minimum atomic E-state index is -1.77. The summed E-state index contributed by atoms with van der Waals surface area (Å²) < 4.78 is 16.5.